The van der Waals surface area contributed by atoms with Crippen molar-refractivity contribution in [1.82, 2.24) is 14.8 Å². The lowest BCUT2D eigenvalue weighted by Gasteiger charge is -2.31. The molecular weight excluding hydrogens is 458 g/mol. The average molecular weight is 504 g/mol. The Labute approximate surface area is 223 Å². The Morgan fingerprint density at radius 2 is 1.70 bits per heavy atom. The summed E-state index contributed by atoms with van der Waals surface area (Å²) in [5, 5.41) is 1.20. The van der Waals surface area contributed by atoms with E-state index in [4.69, 9.17) is 0 Å². The number of nitrogens with one attached hydrogen (secondary N) is 1. The fourth-order valence-corrected chi connectivity index (χ4v) is 4.95. The van der Waals surface area contributed by atoms with E-state index in [-0.39, 0.29) is 24.3 Å². The molecule has 1 N–H and O–H groups in total. The van der Waals surface area contributed by atoms with Crippen LogP contribution in [-0.4, -0.2) is 46.2 Å². The minimum Gasteiger partial charge on any atom is -0.361 e. The number of unbranched alkanes of at least 4 members (excludes halogenated alkanes) is 1. The second kappa shape index (κ2) is 14.0. The van der Waals surface area contributed by atoms with Crippen LogP contribution < -0.4 is 0 Å². The summed E-state index contributed by atoms with van der Waals surface area (Å²) in [6.07, 6.45) is 6.63. The van der Waals surface area contributed by atoms with Crippen molar-refractivity contribution >= 4 is 22.7 Å². The highest BCUT2D eigenvalue weighted by atomic mass is 16.2. The van der Waals surface area contributed by atoms with Crippen molar-refractivity contribution in [2.45, 2.75) is 73.3 Å². The third-order valence-electron chi connectivity index (χ3n) is 7.14. The second-order valence-corrected chi connectivity index (χ2v) is 10.8. The number of aromatic nitrogens is 1. The highest BCUT2D eigenvalue weighted by molar-refractivity contribution is 5.86. The molecule has 200 valence electrons. The van der Waals surface area contributed by atoms with Crippen molar-refractivity contribution in [2.75, 3.05) is 19.6 Å². The Morgan fingerprint density at radius 1 is 0.973 bits per heavy atom. The lowest BCUT2D eigenvalue weighted by Crippen LogP contribution is -2.46. The van der Waals surface area contributed by atoms with Gasteiger partial charge in [-0.05, 0) is 49.3 Å². The molecule has 0 saturated heterocycles. The normalized spacial score (nSPS) is 12.2. The molecule has 0 spiro atoms. The summed E-state index contributed by atoms with van der Waals surface area (Å²) in [6, 6.07) is 16.6. The van der Waals surface area contributed by atoms with E-state index < -0.39 is 0 Å². The number of H-pyrrole nitrogens is 1. The SMILES string of the molecule is CCCC[C@@H](CC)C(=O)N(CC(=O)N(CCc1c[nH]c2ccccc12)Cc1ccc(C)cc1)CC(C)C. The number of hydrogen-bond acceptors (Lipinski definition) is 2. The Morgan fingerprint density at radius 3 is 2.38 bits per heavy atom. The number of carbonyl (C=O) groups excluding carboxylic acids is 2. The summed E-state index contributed by atoms with van der Waals surface area (Å²) in [5.74, 6) is 0.435. The summed E-state index contributed by atoms with van der Waals surface area (Å²) < 4.78 is 0. The van der Waals surface area contributed by atoms with Gasteiger partial charge in [-0.1, -0.05) is 88.6 Å². The van der Waals surface area contributed by atoms with E-state index in [2.05, 4.69) is 76.0 Å². The van der Waals surface area contributed by atoms with Crippen LogP contribution in [0.4, 0.5) is 0 Å². The third kappa shape index (κ3) is 8.21. The first-order valence-electron chi connectivity index (χ1n) is 14.0. The lowest BCUT2D eigenvalue weighted by molar-refractivity contribution is -0.144. The van der Waals surface area contributed by atoms with Crippen LogP contribution in [0.3, 0.4) is 0 Å². The number of hydrogen-bond donors (Lipinski definition) is 1. The number of amides is 2. The van der Waals surface area contributed by atoms with Crippen LogP contribution in [0.25, 0.3) is 10.9 Å². The zero-order valence-electron chi connectivity index (χ0n) is 23.4. The van der Waals surface area contributed by atoms with Gasteiger partial charge in [0.05, 0.1) is 6.54 Å². The summed E-state index contributed by atoms with van der Waals surface area (Å²) in [5.41, 5.74) is 4.62. The Kier molecular flexibility index (Phi) is 10.8. The summed E-state index contributed by atoms with van der Waals surface area (Å²) in [6.45, 7) is 12.4. The third-order valence-corrected chi connectivity index (χ3v) is 7.14. The Balaban J connectivity index is 1.79. The predicted molar refractivity (Wildman–Crippen MR) is 153 cm³/mol. The van der Waals surface area contributed by atoms with Crippen LogP contribution in [0.5, 0.6) is 0 Å². The van der Waals surface area contributed by atoms with Crippen LogP contribution in [0.1, 0.15) is 70.1 Å². The molecule has 2 amide bonds. The molecule has 2 aromatic carbocycles. The monoisotopic (exact) mass is 503 g/mol. The quantitative estimate of drug-likeness (QED) is 0.265. The summed E-state index contributed by atoms with van der Waals surface area (Å²) in [4.78, 5) is 34.4. The molecule has 1 aromatic heterocycles. The van der Waals surface area contributed by atoms with Gasteiger partial charge >= 0.3 is 0 Å². The molecule has 0 aliphatic rings. The van der Waals surface area contributed by atoms with Crippen LogP contribution in [0, 0.1) is 18.8 Å². The number of benzene rings is 2. The van der Waals surface area contributed by atoms with Gasteiger partial charge in [0.1, 0.15) is 0 Å². The lowest BCUT2D eigenvalue weighted by atomic mass is 9.97. The number of carbonyl (C=O) groups is 2. The zero-order valence-corrected chi connectivity index (χ0v) is 23.4. The molecule has 5 nitrogen and oxygen atoms in total. The fourth-order valence-electron chi connectivity index (χ4n) is 4.95. The fraction of sp³-hybridized carbons (Fsp3) is 0.500. The number of rotatable bonds is 14. The standard InChI is InChI=1S/C32H45N3O2/c1-6-8-11-27(7-2)32(37)35(21-24(3)4)23-31(36)34(22-26-16-14-25(5)15-17-26)19-18-28-20-33-30-13-10-9-12-29(28)30/h9-10,12-17,20,24,27,33H,6-8,11,18-19,21-23H2,1-5H3/t27-/m1/s1. The van der Waals surface area contributed by atoms with Gasteiger partial charge in [0, 0.05) is 42.7 Å². The largest absolute Gasteiger partial charge is 0.361 e. The summed E-state index contributed by atoms with van der Waals surface area (Å²) >= 11 is 0. The van der Waals surface area contributed by atoms with Gasteiger partial charge in [0.2, 0.25) is 11.8 Å². The molecule has 0 unspecified atom stereocenters. The Hall–Kier alpha value is -3.08. The highest BCUT2D eigenvalue weighted by Gasteiger charge is 2.27. The Bertz CT molecular complexity index is 1130. The number of aryl methyl sites for hydroxylation is 1. The smallest absolute Gasteiger partial charge is 0.242 e. The van der Waals surface area contributed by atoms with Gasteiger partial charge < -0.3 is 14.8 Å². The van der Waals surface area contributed by atoms with Crippen LogP contribution in [0.15, 0.2) is 54.7 Å². The first-order valence-corrected chi connectivity index (χ1v) is 14.0. The first-order chi connectivity index (χ1) is 17.8. The second-order valence-electron chi connectivity index (χ2n) is 10.8. The molecule has 37 heavy (non-hydrogen) atoms. The topological polar surface area (TPSA) is 56.4 Å². The van der Waals surface area contributed by atoms with E-state index in [0.717, 1.165) is 43.2 Å². The van der Waals surface area contributed by atoms with E-state index in [1.54, 1.807) is 0 Å². The minimum atomic E-state index is -0.0109. The maximum atomic E-state index is 13.8. The van der Waals surface area contributed by atoms with Gasteiger partial charge in [0.15, 0.2) is 0 Å². The van der Waals surface area contributed by atoms with E-state index >= 15 is 0 Å². The maximum Gasteiger partial charge on any atom is 0.242 e. The molecular formula is C32H45N3O2. The number of para-hydroxylation sites is 1. The molecule has 0 fully saturated rings. The van der Waals surface area contributed by atoms with Crippen LogP contribution in [-0.2, 0) is 22.6 Å². The van der Waals surface area contributed by atoms with Crippen LogP contribution >= 0.6 is 0 Å². The van der Waals surface area contributed by atoms with Crippen molar-refractivity contribution < 1.29 is 9.59 Å². The molecule has 3 aromatic rings. The molecule has 5 heteroatoms. The maximum absolute atomic E-state index is 13.8. The van der Waals surface area contributed by atoms with E-state index in [0.29, 0.717) is 25.6 Å². The van der Waals surface area contributed by atoms with Crippen molar-refractivity contribution in [3.05, 3.63) is 71.4 Å². The molecule has 0 aliphatic heterocycles. The summed E-state index contributed by atoms with van der Waals surface area (Å²) in [7, 11) is 0. The first kappa shape index (κ1) is 28.5. The molecule has 1 heterocycles. The van der Waals surface area contributed by atoms with Crippen molar-refractivity contribution in [3.63, 3.8) is 0 Å². The van der Waals surface area contributed by atoms with Crippen molar-refractivity contribution in [2.24, 2.45) is 11.8 Å². The van der Waals surface area contributed by atoms with Crippen molar-refractivity contribution in [1.29, 1.82) is 0 Å². The van der Waals surface area contributed by atoms with Gasteiger partial charge in [-0.25, -0.2) is 0 Å². The molecule has 3 rings (SSSR count). The van der Waals surface area contributed by atoms with E-state index in [1.165, 1.54) is 16.5 Å². The minimum absolute atomic E-state index is 0.0109. The predicted octanol–water partition coefficient (Wildman–Crippen LogP) is 6.75. The van der Waals surface area contributed by atoms with E-state index in [1.807, 2.05) is 28.1 Å². The molecule has 0 saturated carbocycles. The molecule has 0 radical (unpaired) electrons. The van der Waals surface area contributed by atoms with Gasteiger partial charge in [-0.3, -0.25) is 9.59 Å². The highest BCUT2D eigenvalue weighted by Crippen LogP contribution is 2.20. The molecule has 0 bridgehead atoms. The van der Waals surface area contributed by atoms with Gasteiger partial charge in [0.25, 0.3) is 0 Å². The zero-order chi connectivity index (χ0) is 26.8. The molecule has 1 atom stereocenters. The number of fused-ring (bicyclic) bond motifs is 1. The average Bonchev–Trinajstić information content (AvgIpc) is 3.30. The number of nitrogens with zero attached hydrogens (tertiary/aromatic N) is 2. The van der Waals surface area contributed by atoms with Gasteiger partial charge in [-0.2, -0.15) is 0 Å². The molecule has 0 aliphatic carbocycles. The van der Waals surface area contributed by atoms with Gasteiger partial charge in [-0.15, -0.1) is 0 Å². The van der Waals surface area contributed by atoms with E-state index in [9.17, 15) is 9.59 Å². The van der Waals surface area contributed by atoms with Crippen molar-refractivity contribution in [3.8, 4) is 0 Å². The number of aromatic amines is 1. The van der Waals surface area contributed by atoms with Crippen LogP contribution in [0.2, 0.25) is 0 Å².